The zero-order valence-corrected chi connectivity index (χ0v) is 11.7. The Balaban J connectivity index is 1.96. The molecule has 5 heteroatoms. The number of imidazole rings is 1. The van der Waals surface area contributed by atoms with Crippen molar-refractivity contribution in [3.05, 3.63) is 35.9 Å². The molecule has 1 saturated heterocycles. The molecule has 2 aromatic heterocycles. The molecule has 1 atom stereocenters. The Labute approximate surface area is 116 Å². The van der Waals surface area contributed by atoms with Crippen LogP contribution in [0.1, 0.15) is 29.0 Å². The number of methoxy groups -OCH3 is 1. The quantitative estimate of drug-likeness (QED) is 0.808. The maximum atomic E-state index is 11.7. The summed E-state index contributed by atoms with van der Waals surface area (Å²) in [5.74, 6) is 1.97. The van der Waals surface area contributed by atoms with Gasteiger partial charge in [0.15, 0.2) is 0 Å². The number of esters is 1. The van der Waals surface area contributed by atoms with E-state index in [1.54, 1.807) is 12.3 Å². The van der Waals surface area contributed by atoms with Crippen LogP contribution in [-0.4, -0.2) is 33.5 Å². The van der Waals surface area contributed by atoms with E-state index in [0.717, 1.165) is 17.8 Å². The first-order valence-electron chi connectivity index (χ1n) is 6.44. The van der Waals surface area contributed by atoms with Crippen LogP contribution in [0.15, 0.2) is 24.5 Å². The molecule has 100 valence electrons. The first-order valence-corrected chi connectivity index (χ1v) is 7.49. The molecule has 0 spiro atoms. The van der Waals surface area contributed by atoms with Crippen molar-refractivity contribution in [2.24, 2.45) is 0 Å². The standard InChI is InChI=1S/C14H16N2O2S/c1-18-14(17)11-5-2-6-16-12(11)9-15-13(16)8-10-4-3-7-19-10/h2,5-6,9-10H,3-4,7-8H2,1H3. The van der Waals surface area contributed by atoms with Crippen molar-refractivity contribution in [1.29, 1.82) is 0 Å². The lowest BCUT2D eigenvalue weighted by molar-refractivity contribution is 0.0602. The molecule has 2 aromatic rings. The summed E-state index contributed by atoms with van der Waals surface area (Å²) >= 11 is 2.02. The van der Waals surface area contributed by atoms with Crippen LogP contribution in [0.3, 0.4) is 0 Å². The molecule has 3 rings (SSSR count). The maximum Gasteiger partial charge on any atom is 0.340 e. The van der Waals surface area contributed by atoms with Crippen LogP contribution in [0, 0.1) is 0 Å². The van der Waals surface area contributed by atoms with Crippen LogP contribution in [-0.2, 0) is 11.2 Å². The van der Waals surface area contributed by atoms with E-state index in [4.69, 9.17) is 4.74 Å². The smallest absolute Gasteiger partial charge is 0.340 e. The summed E-state index contributed by atoms with van der Waals surface area (Å²) in [6, 6.07) is 3.64. The molecule has 0 amide bonds. The Morgan fingerprint density at radius 2 is 2.53 bits per heavy atom. The molecule has 1 fully saturated rings. The molecule has 0 aliphatic carbocycles. The minimum atomic E-state index is -0.313. The second-order valence-electron chi connectivity index (χ2n) is 4.68. The molecule has 0 bridgehead atoms. The average molecular weight is 276 g/mol. The van der Waals surface area contributed by atoms with Gasteiger partial charge in [-0.25, -0.2) is 9.78 Å². The molecule has 3 heterocycles. The highest BCUT2D eigenvalue weighted by Gasteiger charge is 2.19. The Bertz CT molecular complexity index is 603. The largest absolute Gasteiger partial charge is 0.465 e. The van der Waals surface area contributed by atoms with Gasteiger partial charge in [0.05, 0.1) is 24.4 Å². The predicted molar refractivity (Wildman–Crippen MR) is 75.7 cm³/mol. The monoisotopic (exact) mass is 276 g/mol. The molecule has 1 aliphatic heterocycles. The highest BCUT2D eigenvalue weighted by atomic mass is 32.2. The van der Waals surface area contributed by atoms with Crippen LogP contribution in [0.5, 0.6) is 0 Å². The maximum absolute atomic E-state index is 11.7. The van der Waals surface area contributed by atoms with Crippen molar-refractivity contribution in [3.8, 4) is 0 Å². The van der Waals surface area contributed by atoms with Gasteiger partial charge in [-0.3, -0.25) is 0 Å². The third-order valence-electron chi connectivity index (χ3n) is 3.49. The van der Waals surface area contributed by atoms with E-state index in [-0.39, 0.29) is 5.97 Å². The van der Waals surface area contributed by atoms with Crippen LogP contribution in [0.2, 0.25) is 0 Å². The minimum absolute atomic E-state index is 0.313. The molecule has 0 radical (unpaired) electrons. The van der Waals surface area contributed by atoms with Crippen LogP contribution in [0.4, 0.5) is 0 Å². The summed E-state index contributed by atoms with van der Waals surface area (Å²) in [7, 11) is 1.40. The second kappa shape index (κ2) is 5.25. The van der Waals surface area contributed by atoms with Gasteiger partial charge >= 0.3 is 5.97 Å². The minimum Gasteiger partial charge on any atom is -0.465 e. The number of nitrogens with zero attached hydrogens (tertiary/aromatic N) is 2. The Morgan fingerprint density at radius 1 is 1.63 bits per heavy atom. The number of pyridine rings is 1. The lowest BCUT2D eigenvalue weighted by Gasteiger charge is -2.08. The summed E-state index contributed by atoms with van der Waals surface area (Å²) in [6.45, 7) is 0. The van der Waals surface area contributed by atoms with E-state index in [1.807, 2.05) is 28.4 Å². The fraction of sp³-hybridized carbons (Fsp3) is 0.429. The van der Waals surface area contributed by atoms with Crippen molar-refractivity contribution in [2.45, 2.75) is 24.5 Å². The van der Waals surface area contributed by atoms with Gasteiger partial charge in [-0.15, -0.1) is 0 Å². The van der Waals surface area contributed by atoms with E-state index >= 15 is 0 Å². The van der Waals surface area contributed by atoms with Crippen molar-refractivity contribution in [2.75, 3.05) is 12.9 Å². The van der Waals surface area contributed by atoms with Crippen LogP contribution < -0.4 is 0 Å². The molecule has 4 nitrogen and oxygen atoms in total. The number of ether oxygens (including phenoxy) is 1. The van der Waals surface area contributed by atoms with Gasteiger partial charge < -0.3 is 9.14 Å². The number of fused-ring (bicyclic) bond motifs is 1. The number of hydrogen-bond donors (Lipinski definition) is 0. The number of carbonyl (C=O) groups excluding carboxylic acids is 1. The normalized spacial score (nSPS) is 18.9. The fourth-order valence-corrected chi connectivity index (χ4v) is 3.78. The zero-order chi connectivity index (χ0) is 13.2. The topological polar surface area (TPSA) is 43.6 Å². The van der Waals surface area contributed by atoms with Crippen molar-refractivity contribution in [1.82, 2.24) is 9.38 Å². The Hall–Kier alpha value is -1.49. The number of thioether (sulfide) groups is 1. The van der Waals surface area contributed by atoms with Crippen LogP contribution in [0.25, 0.3) is 5.52 Å². The predicted octanol–water partition coefficient (Wildman–Crippen LogP) is 2.56. The third-order valence-corrected chi connectivity index (χ3v) is 4.89. The Morgan fingerprint density at radius 3 is 3.26 bits per heavy atom. The summed E-state index contributed by atoms with van der Waals surface area (Å²) in [4.78, 5) is 16.2. The lowest BCUT2D eigenvalue weighted by atomic mass is 10.2. The number of hydrogen-bond acceptors (Lipinski definition) is 4. The van der Waals surface area contributed by atoms with Crippen molar-refractivity contribution < 1.29 is 9.53 Å². The van der Waals surface area contributed by atoms with Gasteiger partial charge in [-0.05, 0) is 30.7 Å². The molecular formula is C14H16N2O2S. The van der Waals surface area contributed by atoms with Crippen molar-refractivity contribution in [3.63, 3.8) is 0 Å². The molecule has 0 N–H and O–H groups in total. The first-order chi connectivity index (χ1) is 9.29. The number of aromatic nitrogens is 2. The third kappa shape index (κ3) is 2.34. The fourth-order valence-electron chi connectivity index (χ4n) is 2.52. The summed E-state index contributed by atoms with van der Waals surface area (Å²) in [5, 5.41) is 0.660. The van der Waals surface area contributed by atoms with Gasteiger partial charge in [0.25, 0.3) is 0 Å². The second-order valence-corrected chi connectivity index (χ2v) is 6.09. The van der Waals surface area contributed by atoms with Gasteiger partial charge in [0.2, 0.25) is 0 Å². The summed E-state index contributed by atoms with van der Waals surface area (Å²) < 4.78 is 6.81. The van der Waals surface area contributed by atoms with Gasteiger partial charge in [0, 0.05) is 17.9 Å². The van der Waals surface area contributed by atoms with E-state index in [2.05, 4.69) is 4.98 Å². The summed E-state index contributed by atoms with van der Waals surface area (Å²) in [6.07, 6.45) is 7.25. The van der Waals surface area contributed by atoms with E-state index in [9.17, 15) is 4.79 Å². The van der Waals surface area contributed by atoms with Gasteiger partial charge in [-0.2, -0.15) is 11.8 Å². The molecule has 0 saturated carbocycles. The summed E-state index contributed by atoms with van der Waals surface area (Å²) in [5.41, 5.74) is 1.40. The molecule has 19 heavy (non-hydrogen) atoms. The van der Waals surface area contributed by atoms with Crippen molar-refractivity contribution >= 4 is 23.2 Å². The molecule has 0 aromatic carbocycles. The Kier molecular flexibility index (Phi) is 3.46. The van der Waals surface area contributed by atoms with E-state index in [0.29, 0.717) is 10.8 Å². The average Bonchev–Trinajstić information content (AvgIpc) is 3.08. The first kappa shape index (κ1) is 12.5. The zero-order valence-electron chi connectivity index (χ0n) is 10.8. The van der Waals surface area contributed by atoms with E-state index < -0.39 is 0 Å². The van der Waals surface area contributed by atoms with Crippen LogP contribution >= 0.6 is 11.8 Å². The highest BCUT2D eigenvalue weighted by molar-refractivity contribution is 8.00. The van der Waals surface area contributed by atoms with E-state index in [1.165, 1.54) is 25.7 Å². The van der Waals surface area contributed by atoms with Gasteiger partial charge in [0.1, 0.15) is 5.82 Å². The highest BCUT2D eigenvalue weighted by Crippen LogP contribution is 2.29. The molecular weight excluding hydrogens is 260 g/mol. The van der Waals surface area contributed by atoms with Gasteiger partial charge in [-0.1, -0.05) is 0 Å². The molecule has 1 aliphatic rings. The molecule has 1 unspecified atom stereocenters. The lowest BCUT2D eigenvalue weighted by Crippen LogP contribution is -2.07. The number of rotatable bonds is 3. The number of carbonyl (C=O) groups is 1. The SMILES string of the molecule is COC(=O)c1cccn2c(CC3CCCS3)ncc12.